The van der Waals surface area contributed by atoms with Crippen LogP contribution < -0.4 is 0 Å². The minimum atomic E-state index is -0.825. The fourth-order valence-electron chi connectivity index (χ4n) is 1.31. The Kier molecular flexibility index (Phi) is 1.85. The normalized spacial score (nSPS) is 10.4. The first-order valence-electron chi connectivity index (χ1n) is 3.87. The number of nitrogens with zero attached hydrogens (tertiary/aromatic N) is 2. The van der Waals surface area contributed by atoms with Crippen molar-refractivity contribution in [1.29, 1.82) is 0 Å². The molecule has 0 aliphatic rings. The van der Waals surface area contributed by atoms with E-state index >= 15 is 0 Å². The molecule has 1 heterocycles. The maximum absolute atomic E-state index is 13.1. The molecule has 70 valence electrons. The molecular weight excluding hydrogens is 187 g/mol. The van der Waals surface area contributed by atoms with E-state index in [1.54, 1.807) is 0 Å². The summed E-state index contributed by atoms with van der Waals surface area (Å²) in [6.07, 6.45) is 2.86. The van der Waals surface area contributed by atoms with Crippen LogP contribution in [0.15, 0.2) is 30.6 Å². The standard InChI is InChI=1S/C9H5FN2O2/c10-8-2-1-6-5-11-4-3-7(6)9(8)12(13)14/h1-5H. The van der Waals surface area contributed by atoms with Gasteiger partial charge in [0, 0.05) is 17.8 Å². The summed E-state index contributed by atoms with van der Waals surface area (Å²) < 4.78 is 13.1. The van der Waals surface area contributed by atoms with Gasteiger partial charge in [0.2, 0.25) is 5.82 Å². The van der Waals surface area contributed by atoms with Crippen molar-refractivity contribution >= 4 is 16.5 Å². The molecule has 0 aliphatic carbocycles. The first kappa shape index (κ1) is 8.55. The van der Waals surface area contributed by atoms with Gasteiger partial charge in [-0.1, -0.05) is 0 Å². The molecule has 0 bridgehead atoms. The van der Waals surface area contributed by atoms with Crippen LogP contribution in [-0.4, -0.2) is 9.91 Å². The Bertz CT molecular complexity index is 513. The van der Waals surface area contributed by atoms with Crippen LogP contribution in [0.3, 0.4) is 0 Å². The molecule has 0 N–H and O–H groups in total. The second-order valence-corrected chi connectivity index (χ2v) is 2.75. The largest absolute Gasteiger partial charge is 0.312 e. The second kappa shape index (κ2) is 3.02. The van der Waals surface area contributed by atoms with Crippen molar-refractivity contribution in [2.45, 2.75) is 0 Å². The molecule has 4 nitrogen and oxygen atoms in total. The fourth-order valence-corrected chi connectivity index (χ4v) is 1.31. The van der Waals surface area contributed by atoms with Crippen LogP contribution in [0, 0.1) is 15.9 Å². The summed E-state index contributed by atoms with van der Waals surface area (Å²) in [5, 5.41) is 11.4. The number of nitro groups is 1. The van der Waals surface area contributed by atoms with E-state index in [2.05, 4.69) is 4.98 Å². The fraction of sp³-hybridized carbons (Fsp3) is 0. The average Bonchev–Trinajstić information content (AvgIpc) is 2.17. The molecule has 0 atom stereocenters. The minimum Gasteiger partial charge on any atom is -0.264 e. The van der Waals surface area contributed by atoms with Crippen molar-refractivity contribution < 1.29 is 9.31 Å². The van der Waals surface area contributed by atoms with E-state index in [0.29, 0.717) is 5.39 Å². The van der Waals surface area contributed by atoms with Gasteiger partial charge in [-0.25, -0.2) is 0 Å². The lowest BCUT2D eigenvalue weighted by atomic mass is 10.1. The highest BCUT2D eigenvalue weighted by atomic mass is 19.1. The van der Waals surface area contributed by atoms with E-state index in [9.17, 15) is 14.5 Å². The SMILES string of the molecule is O=[N+]([O-])c1c(F)ccc2cnccc12. The number of benzene rings is 1. The Balaban J connectivity index is 2.90. The quantitative estimate of drug-likeness (QED) is 0.514. The van der Waals surface area contributed by atoms with Crippen LogP contribution in [0.5, 0.6) is 0 Å². The molecule has 0 amide bonds. The molecule has 2 aromatic rings. The highest BCUT2D eigenvalue weighted by molar-refractivity contribution is 5.90. The molecule has 0 aliphatic heterocycles. The zero-order valence-corrected chi connectivity index (χ0v) is 6.98. The van der Waals surface area contributed by atoms with E-state index < -0.39 is 16.4 Å². The summed E-state index contributed by atoms with van der Waals surface area (Å²) in [5.74, 6) is -0.825. The number of rotatable bonds is 1. The third-order valence-electron chi connectivity index (χ3n) is 1.93. The molecule has 1 aromatic carbocycles. The Morgan fingerprint density at radius 2 is 2.14 bits per heavy atom. The molecule has 0 saturated carbocycles. The van der Waals surface area contributed by atoms with Crippen molar-refractivity contribution in [2.24, 2.45) is 0 Å². The molecule has 0 fully saturated rings. The summed E-state index contributed by atoms with van der Waals surface area (Å²) in [7, 11) is 0. The number of halogens is 1. The lowest BCUT2D eigenvalue weighted by Crippen LogP contribution is -1.93. The Labute approximate surface area is 78.2 Å². The summed E-state index contributed by atoms with van der Waals surface area (Å²) in [6.45, 7) is 0. The minimum absolute atomic E-state index is 0.269. The second-order valence-electron chi connectivity index (χ2n) is 2.75. The van der Waals surface area contributed by atoms with Crippen LogP contribution >= 0.6 is 0 Å². The maximum atomic E-state index is 13.1. The number of aromatic nitrogens is 1. The number of hydrogen-bond donors (Lipinski definition) is 0. The van der Waals surface area contributed by atoms with Gasteiger partial charge in [-0.15, -0.1) is 0 Å². The van der Waals surface area contributed by atoms with Crippen molar-refractivity contribution in [3.05, 3.63) is 46.5 Å². The Morgan fingerprint density at radius 3 is 2.86 bits per heavy atom. The van der Waals surface area contributed by atoms with E-state index in [1.165, 1.54) is 24.5 Å². The molecular formula is C9H5FN2O2. The number of pyridine rings is 1. The van der Waals surface area contributed by atoms with Crippen molar-refractivity contribution in [3.8, 4) is 0 Å². The van der Waals surface area contributed by atoms with E-state index in [0.717, 1.165) is 6.07 Å². The zero-order valence-electron chi connectivity index (χ0n) is 6.98. The van der Waals surface area contributed by atoms with Gasteiger partial charge in [0.1, 0.15) is 0 Å². The van der Waals surface area contributed by atoms with Crippen molar-refractivity contribution in [3.63, 3.8) is 0 Å². The van der Waals surface area contributed by atoms with Gasteiger partial charge in [-0.05, 0) is 18.2 Å². The molecule has 0 spiro atoms. The van der Waals surface area contributed by atoms with Crippen LogP contribution in [0.25, 0.3) is 10.8 Å². The summed E-state index contributed by atoms with van der Waals surface area (Å²) in [4.78, 5) is 13.7. The molecule has 5 heteroatoms. The molecule has 2 rings (SSSR count). The smallest absolute Gasteiger partial charge is 0.264 e. The summed E-state index contributed by atoms with van der Waals surface area (Å²) >= 11 is 0. The van der Waals surface area contributed by atoms with Gasteiger partial charge in [0.05, 0.1) is 10.3 Å². The highest BCUT2D eigenvalue weighted by Crippen LogP contribution is 2.27. The Hall–Kier alpha value is -2.04. The molecule has 0 unspecified atom stereocenters. The predicted molar refractivity (Wildman–Crippen MR) is 48.4 cm³/mol. The van der Waals surface area contributed by atoms with Crippen molar-refractivity contribution in [2.75, 3.05) is 0 Å². The molecule has 14 heavy (non-hydrogen) atoms. The van der Waals surface area contributed by atoms with Crippen LogP contribution in [0.2, 0.25) is 0 Å². The van der Waals surface area contributed by atoms with Gasteiger partial charge in [0.25, 0.3) is 0 Å². The van der Waals surface area contributed by atoms with Crippen molar-refractivity contribution in [1.82, 2.24) is 4.98 Å². The van der Waals surface area contributed by atoms with Crippen LogP contribution in [0.4, 0.5) is 10.1 Å². The number of nitro benzene ring substituents is 1. The molecule has 0 radical (unpaired) electrons. The predicted octanol–water partition coefficient (Wildman–Crippen LogP) is 2.28. The van der Waals surface area contributed by atoms with Gasteiger partial charge < -0.3 is 0 Å². The summed E-state index contributed by atoms with van der Waals surface area (Å²) in [5.41, 5.74) is -0.495. The monoisotopic (exact) mass is 192 g/mol. The Morgan fingerprint density at radius 1 is 1.36 bits per heavy atom. The highest BCUT2D eigenvalue weighted by Gasteiger charge is 2.17. The number of fused-ring (bicyclic) bond motifs is 1. The molecule has 0 saturated heterocycles. The molecule has 1 aromatic heterocycles. The van der Waals surface area contributed by atoms with Gasteiger partial charge >= 0.3 is 5.69 Å². The third-order valence-corrected chi connectivity index (χ3v) is 1.93. The van der Waals surface area contributed by atoms with Gasteiger partial charge in [0.15, 0.2) is 0 Å². The topological polar surface area (TPSA) is 56.0 Å². The zero-order chi connectivity index (χ0) is 10.1. The van der Waals surface area contributed by atoms with E-state index in [-0.39, 0.29) is 5.39 Å². The van der Waals surface area contributed by atoms with Crippen LogP contribution in [-0.2, 0) is 0 Å². The van der Waals surface area contributed by atoms with Gasteiger partial charge in [-0.3, -0.25) is 15.1 Å². The first-order chi connectivity index (χ1) is 6.70. The number of hydrogen-bond acceptors (Lipinski definition) is 3. The first-order valence-corrected chi connectivity index (χ1v) is 3.87. The lowest BCUT2D eigenvalue weighted by molar-refractivity contribution is -0.385. The van der Waals surface area contributed by atoms with Gasteiger partial charge in [-0.2, -0.15) is 4.39 Å². The van der Waals surface area contributed by atoms with E-state index in [4.69, 9.17) is 0 Å². The average molecular weight is 192 g/mol. The van der Waals surface area contributed by atoms with Crippen LogP contribution in [0.1, 0.15) is 0 Å². The van der Waals surface area contributed by atoms with E-state index in [1.807, 2.05) is 0 Å². The maximum Gasteiger partial charge on any atom is 0.312 e. The third kappa shape index (κ3) is 1.19. The summed E-state index contributed by atoms with van der Waals surface area (Å²) in [6, 6.07) is 3.96. The lowest BCUT2D eigenvalue weighted by Gasteiger charge is -1.98.